The lowest BCUT2D eigenvalue weighted by atomic mass is 9.89. The normalized spacial score (nSPS) is 13.8. The average Bonchev–Trinajstić information content (AvgIpc) is 3.40. The molecule has 7 nitrogen and oxygen atoms in total. The van der Waals surface area contributed by atoms with E-state index in [1.807, 2.05) is 30.3 Å². The van der Waals surface area contributed by atoms with Crippen LogP contribution in [0.15, 0.2) is 65.6 Å². The molecule has 2 aromatic heterocycles. The molecular formula is C28H23FN2O5. The van der Waals surface area contributed by atoms with Crippen LogP contribution in [-0.4, -0.2) is 31.7 Å². The van der Waals surface area contributed by atoms with Crippen molar-refractivity contribution in [1.82, 2.24) is 9.55 Å². The van der Waals surface area contributed by atoms with E-state index in [1.165, 1.54) is 30.5 Å². The molecule has 36 heavy (non-hydrogen) atoms. The van der Waals surface area contributed by atoms with Crippen LogP contribution in [-0.2, 0) is 6.54 Å². The highest BCUT2D eigenvalue weighted by atomic mass is 19.1. The minimum absolute atomic E-state index is 0.0734. The molecule has 0 spiro atoms. The van der Waals surface area contributed by atoms with E-state index < -0.39 is 28.7 Å². The van der Waals surface area contributed by atoms with Crippen LogP contribution in [0.5, 0.6) is 0 Å². The minimum atomic E-state index is -1.43. The van der Waals surface area contributed by atoms with Crippen molar-refractivity contribution in [2.75, 3.05) is 0 Å². The Morgan fingerprint density at radius 2 is 1.64 bits per heavy atom. The number of aromatic nitrogens is 2. The number of carboxylic acid groups (broad SMARTS) is 2. The Balaban J connectivity index is 1.95. The van der Waals surface area contributed by atoms with Crippen LogP contribution >= 0.6 is 0 Å². The summed E-state index contributed by atoms with van der Waals surface area (Å²) in [4.78, 5) is 43.0. The first kappa shape index (κ1) is 23.4. The molecule has 0 unspecified atom stereocenters. The second-order valence-corrected chi connectivity index (χ2v) is 9.03. The van der Waals surface area contributed by atoms with Gasteiger partial charge in [0.25, 0.3) is 0 Å². The molecule has 0 bridgehead atoms. The smallest absolute Gasteiger partial charge is 0.341 e. The van der Waals surface area contributed by atoms with Crippen LogP contribution in [0.25, 0.3) is 22.2 Å². The van der Waals surface area contributed by atoms with E-state index in [2.05, 4.69) is 0 Å². The molecule has 0 radical (unpaired) electrons. The van der Waals surface area contributed by atoms with E-state index in [4.69, 9.17) is 4.98 Å². The van der Waals surface area contributed by atoms with Gasteiger partial charge in [-0.3, -0.25) is 4.79 Å². The van der Waals surface area contributed by atoms with E-state index in [9.17, 15) is 29.0 Å². The molecule has 5 rings (SSSR count). The molecule has 8 heteroatoms. The van der Waals surface area contributed by atoms with Gasteiger partial charge in [-0.15, -0.1) is 0 Å². The van der Waals surface area contributed by atoms with Crippen molar-refractivity contribution in [3.8, 4) is 11.1 Å². The van der Waals surface area contributed by atoms with Crippen molar-refractivity contribution in [2.45, 2.75) is 38.1 Å². The third-order valence-electron chi connectivity index (χ3n) is 6.75. The van der Waals surface area contributed by atoms with Gasteiger partial charge in [0.05, 0.1) is 16.6 Å². The Kier molecular flexibility index (Phi) is 6.10. The maximum Gasteiger partial charge on any atom is 0.341 e. The number of hydrogen-bond donors (Lipinski definition) is 2. The second kappa shape index (κ2) is 9.37. The van der Waals surface area contributed by atoms with Gasteiger partial charge in [0.1, 0.15) is 17.0 Å². The van der Waals surface area contributed by atoms with Gasteiger partial charge in [-0.05, 0) is 36.1 Å². The van der Waals surface area contributed by atoms with Crippen molar-refractivity contribution >= 4 is 23.0 Å². The predicted molar refractivity (Wildman–Crippen MR) is 132 cm³/mol. The van der Waals surface area contributed by atoms with Crippen LogP contribution in [0, 0.1) is 5.82 Å². The monoisotopic (exact) mass is 486 g/mol. The van der Waals surface area contributed by atoms with Crippen molar-refractivity contribution in [3.63, 3.8) is 0 Å². The molecule has 1 aliphatic carbocycles. The van der Waals surface area contributed by atoms with Crippen LogP contribution in [0.2, 0.25) is 0 Å². The summed E-state index contributed by atoms with van der Waals surface area (Å²) in [6.07, 6.45) is 4.66. The van der Waals surface area contributed by atoms with E-state index in [-0.39, 0.29) is 34.6 Å². The average molecular weight is 486 g/mol. The third kappa shape index (κ3) is 4.15. The molecular weight excluding hydrogens is 463 g/mol. The minimum Gasteiger partial charge on any atom is -0.478 e. The van der Waals surface area contributed by atoms with Gasteiger partial charge < -0.3 is 14.8 Å². The number of benzene rings is 2. The summed E-state index contributed by atoms with van der Waals surface area (Å²) in [5, 5.41) is 20.0. The van der Waals surface area contributed by atoms with Crippen molar-refractivity contribution in [3.05, 3.63) is 99.2 Å². The molecule has 4 aromatic rings. The first-order valence-electron chi connectivity index (χ1n) is 11.7. The Labute approximate surface area is 205 Å². The number of fused-ring (bicyclic) bond motifs is 1. The molecule has 0 amide bonds. The predicted octanol–water partition coefficient (Wildman–Crippen LogP) is 5.30. The molecule has 2 heterocycles. The van der Waals surface area contributed by atoms with E-state index in [0.29, 0.717) is 11.3 Å². The number of hydrogen-bond acceptors (Lipinski definition) is 4. The number of halogens is 1. The van der Waals surface area contributed by atoms with Crippen molar-refractivity contribution in [2.24, 2.45) is 0 Å². The van der Waals surface area contributed by atoms with E-state index in [1.54, 1.807) is 4.57 Å². The summed E-state index contributed by atoms with van der Waals surface area (Å²) in [6, 6.07) is 14.5. The summed E-state index contributed by atoms with van der Waals surface area (Å²) < 4.78 is 15.4. The van der Waals surface area contributed by atoms with Crippen molar-refractivity contribution in [1.29, 1.82) is 0 Å². The highest BCUT2D eigenvalue weighted by Gasteiger charge is 2.31. The van der Waals surface area contributed by atoms with Crippen LogP contribution in [0.1, 0.15) is 63.6 Å². The summed E-state index contributed by atoms with van der Waals surface area (Å²) >= 11 is 0. The van der Waals surface area contributed by atoms with Gasteiger partial charge in [0.2, 0.25) is 5.43 Å². The molecule has 182 valence electrons. The van der Waals surface area contributed by atoms with Crippen molar-refractivity contribution < 1.29 is 24.2 Å². The zero-order valence-electron chi connectivity index (χ0n) is 19.3. The number of carbonyl (C=O) groups is 2. The first-order chi connectivity index (χ1) is 17.3. The van der Waals surface area contributed by atoms with Gasteiger partial charge in [-0.25, -0.2) is 19.0 Å². The number of rotatable bonds is 6. The molecule has 1 aliphatic rings. The fraction of sp³-hybridized carbons (Fsp3) is 0.214. The maximum atomic E-state index is 13.8. The number of carboxylic acids is 2. The SMILES string of the molecule is O=C(O)c1c(C2CCCC2)nc2c(c1-c1ccc(F)cc1)c(=O)c(C(=O)O)cn2Cc1ccccc1. The van der Waals surface area contributed by atoms with E-state index in [0.717, 1.165) is 31.2 Å². The largest absolute Gasteiger partial charge is 0.478 e. The zero-order valence-corrected chi connectivity index (χ0v) is 19.3. The van der Waals surface area contributed by atoms with Crippen LogP contribution in [0.3, 0.4) is 0 Å². The standard InChI is InChI=1S/C28H23FN2O5/c29-19-12-10-17(11-13-19)21-22(28(35)36)24(18-8-4-5-9-18)30-26-23(21)25(32)20(27(33)34)15-31(26)14-16-6-2-1-3-7-16/h1-3,6-7,10-13,15,18H,4-5,8-9,14H2,(H,33,34)(H,35,36). The Hall–Kier alpha value is -4.33. The van der Waals surface area contributed by atoms with Gasteiger partial charge in [0.15, 0.2) is 0 Å². The Bertz CT molecular complexity index is 1540. The molecule has 0 atom stereocenters. The molecule has 2 aromatic carbocycles. The molecule has 1 saturated carbocycles. The number of aromatic carboxylic acids is 2. The first-order valence-corrected chi connectivity index (χ1v) is 11.7. The van der Waals surface area contributed by atoms with Crippen LogP contribution < -0.4 is 5.43 Å². The third-order valence-corrected chi connectivity index (χ3v) is 6.75. The lowest BCUT2D eigenvalue weighted by Gasteiger charge is -2.21. The zero-order chi connectivity index (χ0) is 25.4. The quantitative estimate of drug-likeness (QED) is 0.383. The molecule has 1 fully saturated rings. The number of nitrogens with zero attached hydrogens (tertiary/aromatic N) is 2. The second-order valence-electron chi connectivity index (χ2n) is 9.03. The van der Waals surface area contributed by atoms with Crippen LogP contribution in [0.4, 0.5) is 4.39 Å². The number of pyridine rings is 2. The summed E-state index contributed by atoms with van der Waals surface area (Å²) in [7, 11) is 0. The summed E-state index contributed by atoms with van der Waals surface area (Å²) in [5.74, 6) is -3.32. The van der Waals surface area contributed by atoms with Gasteiger partial charge in [-0.1, -0.05) is 55.3 Å². The Morgan fingerprint density at radius 1 is 0.972 bits per heavy atom. The summed E-state index contributed by atoms with van der Waals surface area (Å²) in [5.41, 5.74) is 0.370. The molecule has 2 N–H and O–H groups in total. The highest BCUT2D eigenvalue weighted by molar-refractivity contribution is 6.08. The molecule has 0 aliphatic heterocycles. The summed E-state index contributed by atoms with van der Waals surface area (Å²) in [6.45, 7) is 0.226. The van der Waals surface area contributed by atoms with E-state index >= 15 is 0 Å². The lowest BCUT2D eigenvalue weighted by Crippen LogP contribution is -2.23. The lowest BCUT2D eigenvalue weighted by molar-refractivity contribution is 0.0685. The highest BCUT2D eigenvalue weighted by Crippen LogP contribution is 2.40. The topological polar surface area (TPSA) is 109 Å². The maximum absolute atomic E-state index is 13.8. The van der Waals surface area contributed by atoms with Gasteiger partial charge in [0, 0.05) is 24.2 Å². The molecule has 0 saturated heterocycles. The fourth-order valence-corrected chi connectivity index (χ4v) is 5.09. The van der Waals surface area contributed by atoms with Gasteiger partial charge >= 0.3 is 11.9 Å². The van der Waals surface area contributed by atoms with Gasteiger partial charge in [-0.2, -0.15) is 0 Å². The fourth-order valence-electron chi connectivity index (χ4n) is 5.09. The Morgan fingerprint density at radius 3 is 2.25 bits per heavy atom.